The van der Waals surface area contributed by atoms with E-state index in [2.05, 4.69) is 32.1 Å². The van der Waals surface area contributed by atoms with Crippen molar-refractivity contribution in [3.63, 3.8) is 0 Å². The highest BCUT2D eigenvalue weighted by molar-refractivity contribution is 7.98. The zero-order valence-electron chi connectivity index (χ0n) is 20.4. The van der Waals surface area contributed by atoms with Gasteiger partial charge in [0.2, 0.25) is 0 Å². The van der Waals surface area contributed by atoms with E-state index in [0.29, 0.717) is 17.9 Å². The molecule has 6 nitrogen and oxygen atoms in total. The van der Waals surface area contributed by atoms with Crippen molar-refractivity contribution in [1.82, 2.24) is 24.8 Å². The average Bonchev–Trinajstić information content (AvgIpc) is 3.62. The fourth-order valence-electron chi connectivity index (χ4n) is 6.16. The number of aromatic nitrogens is 3. The largest absolute Gasteiger partial charge is 0.336 e. The molecular formula is C27H33N5OS2. The molecule has 3 aromatic rings. The molecule has 1 aromatic carbocycles. The van der Waals surface area contributed by atoms with E-state index in [0.717, 1.165) is 59.0 Å². The number of benzene rings is 1. The first-order valence-electron chi connectivity index (χ1n) is 12.9. The minimum Gasteiger partial charge on any atom is -0.336 e. The van der Waals surface area contributed by atoms with Gasteiger partial charge in [-0.2, -0.15) is 0 Å². The van der Waals surface area contributed by atoms with E-state index in [1.54, 1.807) is 23.1 Å². The SMILES string of the molecule is CSc1cnc(C[C@H]2CC[C@H](Cc3nc4ccc(C(=O)N5CCN6CCC[C@@H]6C5)cc4s3)C2)nc1. The van der Waals surface area contributed by atoms with Gasteiger partial charge in [-0.1, -0.05) is 0 Å². The lowest BCUT2D eigenvalue weighted by molar-refractivity contribution is 0.0571. The Hall–Kier alpha value is -2.03. The van der Waals surface area contributed by atoms with Crippen molar-refractivity contribution in [3.8, 4) is 0 Å². The van der Waals surface area contributed by atoms with Gasteiger partial charge in [0.15, 0.2) is 0 Å². The van der Waals surface area contributed by atoms with Crippen molar-refractivity contribution in [2.45, 2.75) is 55.9 Å². The number of thiazole rings is 1. The fraction of sp³-hybridized carbons (Fsp3) is 0.556. The van der Waals surface area contributed by atoms with Gasteiger partial charge >= 0.3 is 0 Å². The highest BCUT2D eigenvalue weighted by Crippen LogP contribution is 2.36. The van der Waals surface area contributed by atoms with Crippen LogP contribution in [0.4, 0.5) is 0 Å². The molecule has 1 saturated carbocycles. The maximum atomic E-state index is 13.2. The predicted octanol–water partition coefficient (Wildman–Crippen LogP) is 4.93. The zero-order chi connectivity index (χ0) is 23.8. The molecule has 8 heteroatoms. The summed E-state index contributed by atoms with van der Waals surface area (Å²) in [5, 5.41) is 1.20. The molecule has 6 rings (SSSR count). The molecule has 1 amide bonds. The second-order valence-corrected chi connectivity index (χ2v) is 12.4. The Morgan fingerprint density at radius 1 is 1.09 bits per heavy atom. The minimum atomic E-state index is 0.180. The number of carbonyl (C=O) groups excluding carboxylic acids is 1. The van der Waals surface area contributed by atoms with Crippen molar-refractivity contribution >= 4 is 39.2 Å². The molecule has 3 aliphatic rings. The molecule has 0 N–H and O–H groups in total. The second-order valence-electron chi connectivity index (χ2n) is 10.4. The Bertz CT molecular complexity index is 1200. The van der Waals surface area contributed by atoms with Gasteiger partial charge in [-0.15, -0.1) is 23.1 Å². The summed E-state index contributed by atoms with van der Waals surface area (Å²) in [6.45, 7) is 3.93. The van der Waals surface area contributed by atoms with Gasteiger partial charge < -0.3 is 4.90 Å². The maximum Gasteiger partial charge on any atom is 0.254 e. The molecule has 3 atom stereocenters. The van der Waals surface area contributed by atoms with E-state index in [1.807, 2.05) is 24.5 Å². The third-order valence-electron chi connectivity index (χ3n) is 8.06. The van der Waals surface area contributed by atoms with Crippen LogP contribution in [0.25, 0.3) is 10.2 Å². The molecule has 0 unspecified atom stereocenters. The molecule has 0 radical (unpaired) electrons. The van der Waals surface area contributed by atoms with Gasteiger partial charge in [-0.05, 0) is 74.9 Å². The normalized spacial score (nSPS) is 24.8. The molecule has 3 fully saturated rings. The predicted molar refractivity (Wildman–Crippen MR) is 142 cm³/mol. The molecule has 4 heterocycles. The molecule has 0 bridgehead atoms. The summed E-state index contributed by atoms with van der Waals surface area (Å²) in [4.78, 5) is 33.0. The quantitative estimate of drug-likeness (QED) is 0.441. The van der Waals surface area contributed by atoms with Gasteiger partial charge in [-0.3, -0.25) is 9.69 Å². The Morgan fingerprint density at radius 3 is 2.74 bits per heavy atom. The number of nitrogens with zero attached hydrogens (tertiary/aromatic N) is 5. The lowest BCUT2D eigenvalue weighted by atomic mass is 9.99. The first kappa shape index (κ1) is 23.4. The maximum absolute atomic E-state index is 13.2. The second kappa shape index (κ2) is 10.1. The molecular weight excluding hydrogens is 474 g/mol. The molecule has 1 aliphatic carbocycles. The van der Waals surface area contributed by atoms with E-state index in [-0.39, 0.29) is 5.91 Å². The summed E-state index contributed by atoms with van der Waals surface area (Å²) in [6, 6.07) is 6.65. The number of fused-ring (bicyclic) bond motifs is 2. The lowest BCUT2D eigenvalue weighted by Gasteiger charge is -2.37. The molecule has 2 saturated heterocycles. The summed E-state index contributed by atoms with van der Waals surface area (Å²) in [6.07, 6.45) is 14.2. The summed E-state index contributed by atoms with van der Waals surface area (Å²) >= 11 is 3.45. The van der Waals surface area contributed by atoms with Crippen LogP contribution < -0.4 is 0 Å². The molecule has 35 heavy (non-hydrogen) atoms. The number of amides is 1. The Morgan fingerprint density at radius 2 is 1.91 bits per heavy atom. The monoisotopic (exact) mass is 507 g/mol. The summed E-state index contributed by atoms with van der Waals surface area (Å²) in [5.74, 6) is 2.49. The summed E-state index contributed by atoms with van der Waals surface area (Å²) in [5.41, 5.74) is 1.84. The van der Waals surface area contributed by atoms with Crippen LogP contribution in [0.3, 0.4) is 0 Å². The number of rotatable bonds is 6. The van der Waals surface area contributed by atoms with Gasteiger partial charge in [-0.25, -0.2) is 15.0 Å². The van der Waals surface area contributed by atoms with Gasteiger partial charge in [0.1, 0.15) is 5.82 Å². The molecule has 2 aliphatic heterocycles. The number of piperazine rings is 1. The van der Waals surface area contributed by atoms with Crippen LogP contribution in [-0.2, 0) is 12.8 Å². The zero-order valence-corrected chi connectivity index (χ0v) is 22.0. The van der Waals surface area contributed by atoms with Crippen LogP contribution in [0.15, 0.2) is 35.5 Å². The molecule has 184 valence electrons. The van der Waals surface area contributed by atoms with E-state index < -0.39 is 0 Å². The number of thioether (sulfide) groups is 1. The fourth-order valence-corrected chi connectivity index (χ4v) is 7.60. The summed E-state index contributed by atoms with van der Waals surface area (Å²) in [7, 11) is 0. The highest BCUT2D eigenvalue weighted by atomic mass is 32.2. The van der Waals surface area contributed by atoms with E-state index in [4.69, 9.17) is 4.98 Å². The van der Waals surface area contributed by atoms with Crippen LogP contribution in [0.5, 0.6) is 0 Å². The van der Waals surface area contributed by atoms with Gasteiger partial charge in [0, 0.05) is 61.4 Å². The Kier molecular flexibility index (Phi) is 6.78. The number of carbonyl (C=O) groups is 1. The summed E-state index contributed by atoms with van der Waals surface area (Å²) < 4.78 is 1.14. The average molecular weight is 508 g/mol. The third-order valence-corrected chi connectivity index (χ3v) is 9.78. The highest BCUT2D eigenvalue weighted by Gasteiger charge is 2.33. The van der Waals surface area contributed by atoms with Crippen molar-refractivity contribution in [2.24, 2.45) is 11.8 Å². The number of hydrogen-bond donors (Lipinski definition) is 0. The van der Waals surface area contributed by atoms with Crippen molar-refractivity contribution in [3.05, 3.63) is 47.0 Å². The van der Waals surface area contributed by atoms with E-state index >= 15 is 0 Å². The number of hydrogen-bond acceptors (Lipinski definition) is 7. The Balaban J connectivity index is 1.07. The molecule has 2 aromatic heterocycles. The van der Waals surface area contributed by atoms with Crippen LogP contribution >= 0.6 is 23.1 Å². The van der Waals surface area contributed by atoms with Crippen molar-refractivity contribution < 1.29 is 4.79 Å². The van der Waals surface area contributed by atoms with Crippen molar-refractivity contribution in [2.75, 3.05) is 32.4 Å². The van der Waals surface area contributed by atoms with E-state index in [1.165, 1.54) is 43.7 Å². The van der Waals surface area contributed by atoms with Gasteiger partial charge in [0.25, 0.3) is 5.91 Å². The van der Waals surface area contributed by atoms with Crippen LogP contribution in [0.1, 0.15) is 53.3 Å². The van der Waals surface area contributed by atoms with E-state index in [9.17, 15) is 4.79 Å². The topological polar surface area (TPSA) is 62.2 Å². The van der Waals surface area contributed by atoms with Crippen LogP contribution in [0, 0.1) is 11.8 Å². The van der Waals surface area contributed by atoms with Crippen molar-refractivity contribution in [1.29, 1.82) is 0 Å². The first-order valence-corrected chi connectivity index (χ1v) is 15.0. The molecule has 0 spiro atoms. The lowest BCUT2D eigenvalue weighted by Crippen LogP contribution is -2.52. The van der Waals surface area contributed by atoms with Gasteiger partial charge in [0.05, 0.1) is 15.2 Å². The van der Waals surface area contributed by atoms with Crippen LogP contribution in [0.2, 0.25) is 0 Å². The minimum absolute atomic E-state index is 0.180. The first-order chi connectivity index (χ1) is 17.1. The standard InChI is InChI=1S/C27H33N5OS2/c1-34-22-15-28-25(29-16-22)12-18-4-5-19(11-18)13-26-30-23-7-6-20(14-24(23)35-26)27(33)32-10-9-31-8-2-3-21(31)17-32/h6-7,14-16,18-19,21H,2-5,8-13,17H2,1H3/t18-,19-,21+/m0/s1. The van der Waals surface area contributed by atoms with Crippen LogP contribution in [-0.4, -0.2) is 69.1 Å². The smallest absolute Gasteiger partial charge is 0.254 e. The third kappa shape index (κ3) is 5.11. The Labute approximate surface area is 215 Å².